The molecule has 1 unspecified atom stereocenters. The molecule has 1 aliphatic heterocycles. The molecule has 1 aliphatic rings. The minimum absolute atomic E-state index is 0. The van der Waals surface area contributed by atoms with Crippen molar-refractivity contribution in [3.63, 3.8) is 0 Å². The maximum atomic E-state index is 11.1. The van der Waals surface area contributed by atoms with Crippen molar-refractivity contribution in [1.29, 1.82) is 0 Å². The molecule has 1 saturated heterocycles. The van der Waals surface area contributed by atoms with Crippen LogP contribution in [0.1, 0.15) is 33.6 Å². The zero-order valence-electron chi connectivity index (χ0n) is 9.78. The second kappa shape index (κ2) is 19.7. The number of carbonyl (C=O) groups excluding carboxylic acids is 2. The summed E-state index contributed by atoms with van der Waals surface area (Å²) in [6, 6.07) is 0. The number of amides is 1. The number of piperidine rings is 1. The number of nitrogens with zero attached hydrogens (tertiary/aromatic N) is 1. The molecule has 6 heteroatoms. The van der Waals surface area contributed by atoms with Gasteiger partial charge in [-0.05, 0) is 13.1 Å². The van der Waals surface area contributed by atoms with Gasteiger partial charge in [-0.15, -0.1) is 6.42 Å². The number of hydrogen-bond donors (Lipinski definition) is 0. The van der Waals surface area contributed by atoms with Gasteiger partial charge < -0.3 is 22.5 Å². The Hall–Kier alpha value is 1.36. The first-order valence-electron chi connectivity index (χ1n) is 4.36. The van der Waals surface area contributed by atoms with Crippen molar-refractivity contribution in [3.8, 4) is 0 Å². The van der Waals surface area contributed by atoms with Gasteiger partial charge >= 0.3 is 21.1 Å². The molecule has 0 aromatic rings. The Morgan fingerprint density at radius 3 is 2.00 bits per heavy atom. The summed E-state index contributed by atoms with van der Waals surface area (Å²) in [4.78, 5) is 20.8. The molecule has 0 bridgehead atoms. The van der Waals surface area contributed by atoms with Crippen LogP contribution < -0.4 is 0 Å². The van der Waals surface area contributed by atoms with Gasteiger partial charge in [-0.2, -0.15) is 29.7 Å². The summed E-state index contributed by atoms with van der Waals surface area (Å²) in [5, 5.41) is 0. The Kier molecular flexibility index (Phi) is 35.9. The molecule has 3 nitrogen and oxygen atoms in total. The molecule has 1 rings (SSSR count). The van der Waals surface area contributed by atoms with E-state index in [-0.39, 0.29) is 77.0 Å². The quantitative estimate of drug-likeness (QED) is 0.310. The van der Waals surface area contributed by atoms with Gasteiger partial charge in [-0.25, -0.2) is 0 Å². The van der Waals surface area contributed by atoms with Crippen molar-refractivity contribution in [1.82, 2.24) is 4.90 Å². The molecule has 0 saturated carbocycles. The Morgan fingerprint density at radius 1 is 1.35 bits per heavy atom. The molecule has 1 radical (unpaired) electrons. The maximum Gasteiger partial charge on any atom is 2.00 e. The van der Waals surface area contributed by atoms with Crippen molar-refractivity contribution in [3.05, 3.63) is 12.8 Å². The van der Waals surface area contributed by atoms with E-state index in [4.69, 9.17) is 4.79 Å². The van der Waals surface area contributed by atoms with Gasteiger partial charge in [0.15, 0.2) is 5.91 Å². The Morgan fingerprint density at radius 2 is 1.71 bits per heavy atom. The Bertz CT molecular complexity index is 168. The number of hydrogen-bond acceptors (Lipinski definition) is 2. The normalized spacial score (nSPS) is 13.4. The molecule has 0 aromatic carbocycles. The summed E-state index contributed by atoms with van der Waals surface area (Å²) < 4.78 is 0. The monoisotopic (exact) mass is 505 g/mol. The molecular weight excluding hydrogens is 482 g/mol. The summed E-state index contributed by atoms with van der Waals surface area (Å²) in [5.41, 5.74) is 0. The van der Waals surface area contributed by atoms with E-state index >= 15 is 0 Å². The average molecular weight is 505 g/mol. The molecule has 17 heavy (non-hydrogen) atoms. The average Bonchev–Trinajstić information content (AvgIpc) is 2.21. The van der Waals surface area contributed by atoms with Crippen LogP contribution in [0.3, 0.4) is 0 Å². The molecule has 1 atom stereocenters. The Balaban J connectivity index is -0.0000000760. The summed E-state index contributed by atoms with van der Waals surface area (Å²) >= 11 is 0. The van der Waals surface area contributed by atoms with Gasteiger partial charge in [0.1, 0.15) is 0 Å². The van der Waals surface area contributed by atoms with Crippen LogP contribution in [0.5, 0.6) is 0 Å². The number of likely N-dealkylation sites (tertiary alicyclic amines) is 1. The third-order valence-corrected chi connectivity index (χ3v) is 2.18. The maximum absolute atomic E-state index is 11.1. The van der Waals surface area contributed by atoms with E-state index in [1.807, 2.05) is 4.90 Å². The van der Waals surface area contributed by atoms with Crippen LogP contribution in [-0.2, 0) is 63.4 Å². The van der Waals surface area contributed by atoms with E-state index in [0.29, 0.717) is 6.42 Å². The summed E-state index contributed by atoms with van der Waals surface area (Å²) in [5.74, 6) is 1.70. The van der Waals surface area contributed by atoms with Gasteiger partial charge in [0.25, 0.3) is 0 Å². The number of carbonyl (C=O) groups is 1. The van der Waals surface area contributed by atoms with E-state index in [1.54, 1.807) is 0 Å². The first-order valence-corrected chi connectivity index (χ1v) is 4.36. The fourth-order valence-corrected chi connectivity index (χ4v) is 1.30. The van der Waals surface area contributed by atoms with Crippen LogP contribution in [0.4, 0.5) is 0 Å². The van der Waals surface area contributed by atoms with E-state index in [0.717, 1.165) is 25.9 Å². The summed E-state index contributed by atoms with van der Waals surface area (Å²) in [7, 11) is 0. The van der Waals surface area contributed by atoms with E-state index in [9.17, 15) is 4.79 Å². The zero-order valence-corrected chi connectivity index (χ0v) is 17.0. The van der Waals surface area contributed by atoms with Gasteiger partial charge in [0.2, 0.25) is 0 Å². The van der Waals surface area contributed by atoms with E-state index in [2.05, 4.69) is 20.6 Å². The van der Waals surface area contributed by atoms with Crippen molar-refractivity contribution in [2.24, 2.45) is 0 Å². The fourth-order valence-electron chi connectivity index (χ4n) is 1.30. The van der Waals surface area contributed by atoms with Gasteiger partial charge in [0, 0.05) is 32.7 Å². The van der Waals surface area contributed by atoms with Crippen molar-refractivity contribution < 1.29 is 63.4 Å². The predicted octanol–water partition coefficient (Wildman–Crippen LogP) is 1.84. The van der Waals surface area contributed by atoms with Gasteiger partial charge in [-0.3, -0.25) is 11.6 Å². The first-order chi connectivity index (χ1) is 6.24. The van der Waals surface area contributed by atoms with Crippen molar-refractivity contribution >= 4 is 22.6 Å². The minimum Gasteiger partial charge on any atom is -0.545 e. The number of rotatable bonds is 1. The van der Waals surface area contributed by atoms with Crippen LogP contribution >= 0.6 is 9.90 Å². The SMILES string of the molecule is C.P.[CH-]=O.[CH2-]CC(=O)N1CC[C-](C)CC1.[W+2].[Y]. The van der Waals surface area contributed by atoms with Crippen LogP contribution in [0, 0.1) is 12.8 Å². The third kappa shape index (κ3) is 13.6. The fraction of sp³-hybridized carbons (Fsp3) is 0.636. The molecule has 1 amide bonds. The smallest absolute Gasteiger partial charge is 0.545 e. The third-order valence-electron chi connectivity index (χ3n) is 2.18. The Labute approximate surface area is 149 Å². The molecule has 0 N–H and O–H groups in total. The van der Waals surface area contributed by atoms with E-state index < -0.39 is 0 Å². The van der Waals surface area contributed by atoms with Crippen LogP contribution in [-0.4, -0.2) is 30.7 Å². The standard InChI is InChI=1S/C9H15NO.CHO.CH4.H3P.W.Y/c1-3-9(11)10-6-4-8(2)5-7-10;1-2;;;;/h1,3-7H2,2H3;1H;1H4;1H3;;/q-2;-1;;;+2;. The molecule has 1 heterocycles. The molecule has 0 aliphatic carbocycles. The summed E-state index contributed by atoms with van der Waals surface area (Å²) in [6.07, 6.45) is 2.55. The topological polar surface area (TPSA) is 37.4 Å². The van der Waals surface area contributed by atoms with Crippen molar-refractivity contribution in [2.45, 2.75) is 33.6 Å². The molecule has 0 aromatic heterocycles. The van der Waals surface area contributed by atoms with Crippen LogP contribution in [0.2, 0.25) is 0 Å². The second-order valence-corrected chi connectivity index (χ2v) is 3.09. The minimum atomic E-state index is 0. The molecule has 99 valence electrons. The largest absolute Gasteiger partial charge is 2.00 e. The molecular formula is C11H23NO2PWY-. The van der Waals surface area contributed by atoms with Gasteiger partial charge in [0.05, 0.1) is 0 Å². The first kappa shape index (κ1) is 31.0. The predicted molar refractivity (Wildman–Crippen MR) is 69.3 cm³/mol. The van der Waals surface area contributed by atoms with Crippen molar-refractivity contribution in [2.75, 3.05) is 13.1 Å². The molecule has 0 spiro atoms. The summed E-state index contributed by atoms with van der Waals surface area (Å²) in [6.45, 7) is 10.8. The van der Waals surface area contributed by atoms with Crippen LogP contribution in [0.15, 0.2) is 0 Å². The second-order valence-electron chi connectivity index (χ2n) is 3.09. The van der Waals surface area contributed by atoms with E-state index in [1.165, 1.54) is 5.92 Å². The zero-order chi connectivity index (χ0) is 10.3. The van der Waals surface area contributed by atoms with Crippen LogP contribution in [0.25, 0.3) is 0 Å². The van der Waals surface area contributed by atoms with Gasteiger partial charge in [-0.1, -0.05) is 7.43 Å². The molecule has 1 fully saturated rings.